The van der Waals surface area contributed by atoms with Crippen molar-refractivity contribution < 1.29 is 0 Å². The van der Waals surface area contributed by atoms with Crippen molar-refractivity contribution >= 4 is 0 Å². The van der Waals surface area contributed by atoms with Crippen LogP contribution in [0, 0.1) is 0 Å². The number of hydrogen-bond acceptors (Lipinski definition) is 1. The summed E-state index contributed by atoms with van der Waals surface area (Å²) in [5, 5.41) is 0. The van der Waals surface area contributed by atoms with E-state index in [1.54, 1.807) is 0 Å². The van der Waals surface area contributed by atoms with Gasteiger partial charge in [-0.15, -0.1) is 0 Å². The average molecular weight is 167 g/mol. The lowest BCUT2D eigenvalue weighted by Crippen LogP contribution is -1.91. The van der Waals surface area contributed by atoms with E-state index in [2.05, 4.69) is 25.2 Å². The summed E-state index contributed by atoms with van der Waals surface area (Å²) in [5.41, 5.74) is 5.30. The molecule has 0 aliphatic rings. The maximum absolute atomic E-state index is 5.30. The molecule has 0 atom stereocenters. The quantitative estimate of drug-likeness (QED) is 0.458. The zero-order chi connectivity index (χ0) is 9.07. The number of rotatable bonds is 7. The van der Waals surface area contributed by atoms with Crippen LogP contribution in [-0.2, 0) is 0 Å². The maximum Gasteiger partial charge on any atom is 0.0106 e. The van der Waals surface area contributed by atoms with Crippen LogP contribution in [-0.4, -0.2) is 6.54 Å². The molecule has 70 valence electrons. The van der Waals surface area contributed by atoms with Gasteiger partial charge < -0.3 is 5.73 Å². The fraction of sp³-hybridized carbons (Fsp3) is 0.636. The predicted octanol–water partition coefficient (Wildman–Crippen LogP) is 3.03. The lowest BCUT2D eigenvalue weighted by Gasteiger charge is -1.90. The lowest BCUT2D eigenvalue weighted by atomic mass is 10.2. The molecule has 0 aliphatic carbocycles. The summed E-state index contributed by atoms with van der Waals surface area (Å²) in [4.78, 5) is 0. The van der Waals surface area contributed by atoms with Crippen LogP contribution in [0.5, 0.6) is 0 Å². The van der Waals surface area contributed by atoms with Crippen LogP contribution in [0.3, 0.4) is 0 Å². The fourth-order valence-electron chi connectivity index (χ4n) is 0.997. The minimum Gasteiger partial charge on any atom is -0.327 e. The highest BCUT2D eigenvalue weighted by molar-refractivity contribution is 4.93. The smallest absolute Gasteiger partial charge is 0.0106 e. The summed E-state index contributed by atoms with van der Waals surface area (Å²) in [6, 6.07) is 0. The second kappa shape index (κ2) is 10.4. The molecule has 0 fully saturated rings. The lowest BCUT2D eigenvalue weighted by molar-refractivity contribution is 0.728. The topological polar surface area (TPSA) is 26.0 Å². The summed E-state index contributed by atoms with van der Waals surface area (Å²) >= 11 is 0. The molecule has 0 aromatic carbocycles. The molecule has 0 aliphatic heterocycles. The van der Waals surface area contributed by atoms with Crippen LogP contribution in [0.25, 0.3) is 0 Å². The Kier molecular flexibility index (Phi) is 9.95. The summed E-state index contributed by atoms with van der Waals surface area (Å²) in [6.07, 6.45) is 14.8. The van der Waals surface area contributed by atoms with Crippen molar-refractivity contribution in [2.75, 3.05) is 6.54 Å². The van der Waals surface area contributed by atoms with E-state index in [9.17, 15) is 0 Å². The first-order valence-corrected chi connectivity index (χ1v) is 4.92. The van der Waals surface area contributed by atoms with Gasteiger partial charge >= 0.3 is 0 Å². The van der Waals surface area contributed by atoms with Crippen LogP contribution in [0.15, 0.2) is 24.3 Å². The van der Waals surface area contributed by atoms with Crippen molar-refractivity contribution in [1.29, 1.82) is 0 Å². The van der Waals surface area contributed by atoms with E-state index in [-0.39, 0.29) is 0 Å². The van der Waals surface area contributed by atoms with Crippen molar-refractivity contribution in [3.8, 4) is 0 Å². The van der Waals surface area contributed by atoms with Gasteiger partial charge in [-0.05, 0) is 19.3 Å². The van der Waals surface area contributed by atoms with E-state index in [0.29, 0.717) is 6.54 Å². The first-order valence-electron chi connectivity index (χ1n) is 4.92. The molecule has 12 heavy (non-hydrogen) atoms. The van der Waals surface area contributed by atoms with E-state index in [4.69, 9.17) is 5.73 Å². The third-order valence-electron chi connectivity index (χ3n) is 1.72. The summed E-state index contributed by atoms with van der Waals surface area (Å²) in [5.74, 6) is 0. The molecule has 0 aromatic heterocycles. The van der Waals surface area contributed by atoms with E-state index >= 15 is 0 Å². The Hall–Kier alpha value is -0.560. The van der Waals surface area contributed by atoms with Gasteiger partial charge in [0.25, 0.3) is 0 Å². The second-order valence-corrected chi connectivity index (χ2v) is 2.91. The van der Waals surface area contributed by atoms with E-state index < -0.39 is 0 Å². The largest absolute Gasteiger partial charge is 0.327 e. The fourth-order valence-corrected chi connectivity index (χ4v) is 0.997. The van der Waals surface area contributed by atoms with Crippen LogP contribution >= 0.6 is 0 Å². The van der Waals surface area contributed by atoms with Gasteiger partial charge in [0, 0.05) is 6.54 Å². The highest BCUT2D eigenvalue weighted by atomic mass is 14.5. The zero-order valence-corrected chi connectivity index (χ0v) is 8.13. The molecule has 1 heteroatoms. The third kappa shape index (κ3) is 9.44. The molecular formula is C11H21N. The second-order valence-electron chi connectivity index (χ2n) is 2.91. The molecule has 0 rings (SSSR count). The zero-order valence-electron chi connectivity index (χ0n) is 8.13. The van der Waals surface area contributed by atoms with Crippen molar-refractivity contribution in [3.05, 3.63) is 24.3 Å². The van der Waals surface area contributed by atoms with Gasteiger partial charge in [-0.1, -0.05) is 44.1 Å². The van der Waals surface area contributed by atoms with Crippen LogP contribution in [0.4, 0.5) is 0 Å². The molecule has 0 aromatic rings. The van der Waals surface area contributed by atoms with Gasteiger partial charge in [0.15, 0.2) is 0 Å². The number of allylic oxidation sites excluding steroid dienone is 3. The molecule has 2 N–H and O–H groups in total. The Morgan fingerprint density at radius 2 is 1.75 bits per heavy atom. The molecule has 0 radical (unpaired) electrons. The minimum absolute atomic E-state index is 0.656. The Morgan fingerprint density at radius 3 is 2.42 bits per heavy atom. The molecule has 0 saturated heterocycles. The minimum atomic E-state index is 0.656. The van der Waals surface area contributed by atoms with Gasteiger partial charge in [0.2, 0.25) is 0 Å². The number of nitrogens with two attached hydrogens (primary N) is 1. The normalized spacial score (nSPS) is 11.8. The van der Waals surface area contributed by atoms with Gasteiger partial charge in [0.1, 0.15) is 0 Å². The van der Waals surface area contributed by atoms with Crippen molar-refractivity contribution in [2.24, 2.45) is 5.73 Å². The van der Waals surface area contributed by atoms with E-state index in [1.807, 2.05) is 6.08 Å². The third-order valence-corrected chi connectivity index (χ3v) is 1.72. The highest BCUT2D eigenvalue weighted by Gasteiger charge is 1.80. The van der Waals surface area contributed by atoms with Gasteiger partial charge in [-0.2, -0.15) is 0 Å². The van der Waals surface area contributed by atoms with Crippen molar-refractivity contribution in [2.45, 2.75) is 39.0 Å². The molecule has 0 unspecified atom stereocenters. The molecule has 0 spiro atoms. The van der Waals surface area contributed by atoms with Crippen LogP contribution < -0.4 is 5.73 Å². The van der Waals surface area contributed by atoms with Crippen LogP contribution in [0.1, 0.15) is 39.0 Å². The van der Waals surface area contributed by atoms with Crippen molar-refractivity contribution in [1.82, 2.24) is 0 Å². The standard InChI is InChI=1S/C11H21N/c1-2-3-4-5-6-7-8-9-10-11-12/h6-7,9-10H,2-5,8,11-12H2,1H3/b7-6-,10-9-. The highest BCUT2D eigenvalue weighted by Crippen LogP contribution is 2.00. The Balaban J connectivity index is 3.08. The molecule has 0 heterocycles. The van der Waals surface area contributed by atoms with Gasteiger partial charge in [-0.25, -0.2) is 0 Å². The first kappa shape index (κ1) is 11.4. The number of hydrogen-bond donors (Lipinski definition) is 1. The van der Waals surface area contributed by atoms with Gasteiger partial charge in [0.05, 0.1) is 0 Å². The monoisotopic (exact) mass is 167 g/mol. The summed E-state index contributed by atoms with van der Waals surface area (Å²) < 4.78 is 0. The SMILES string of the molecule is CCCCC/C=C\C/C=C\CN. The molecule has 1 nitrogen and oxygen atoms in total. The summed E-state index contributed by atoms with van der Waals surface area (Å²) in [7, 11) is 0. The Morgan fingerprint density at radius 1 is 1.00 bits per heavy atom. The molecule has 0 saturated carbocycles. The van der Waals surface area contributed by atoms with Crippen molar-refractivity contribution in [3.63, 3.8) is 0 Å². The first-order chi connectivity index (χ1) is 5.91. The Labute approximate surface area is 76.3 Å². The van der Waals surface area contributed by atoms with E-state index in [0.717, 1.165) is 6.42 Å². The molecule has 0 amide bonds. The maximum atomic E-state index is 5.30. The van der Waals surface area contributed by atoms with Gasteiger partial charge in [-0.3, -0.25) is 0 Å². The predicted molar refractivity (Wildman–Crippen MR) is 56.1 cm³/mol. The van der Waals surface area contributed by atoms with E-state index in [1.165, 1.54) is 25.7 Å². The summed E-state index contributed by atoms with van der Waals surface area (Å²) in [6.45, 7) is 2.89. The molecule has 0 bridgehead atoms. The van der Waals surface area contributed by atoms with Crippen LogP contribution in [0.2, 0.25) is 0 Å². The Bertz CT molecular complexity index is 125. The average Bonchev–Trinajstić information content (AvgIpc) is 2.10. The molecular weight excluding hydrogens is 146 g/mol. The number of unbranched alkanes of at least 4 members (excludes halogenated alkanes) is 3.